The summed E-state index contributed by atoms with van der Waals surface area (Å²) in [5.74, 6) is -0.138. The number of thiazole rings is 1. The smallest absolute Gasteiger partial charge is 0.320 e. The predicted octanol–water partition coefficient (Wildman–Crippen LogP) is 1.23. The lowest BCUT2D eigenvalue weighted by Gasteiger charge is -2.15. The van der Waals surface area contributed by atoms with Crippen LogP contribution in [0.1, 0.15) is 5.69 Å². The van der Waals surface area contributed by atoms with E-state index in [1.807, 2.05) is 17.5 Å². The molecule has 2 aromatic rings. The number of aromatic nitrogens is 2. The standard InChI is InChI=1S/C16H19N5O2S/c1-20-7-8-21(16(20)23)10-14(22)18-6-4-13-11-24-15(19-13)12-3-2-5-17-9-12/h2-3,5,9,11H,4,6-8,10H2,1H3,(H,18,22). The Morgan fingerprint density at radius 1 is 1.42 bits per heavy atom. The van der Waals surface area contributed by atoms with Gasteiger partial charge in [0.2, 0.25) is 5.91 Å². The number of nitrogens with one attached hydrogen (secondary N) is 1. The molecule has 0 spiro atoms. The number of urea groups is 1. The predicted molar refractivity (Wildman–Crippen MR) is 91.7 cm³/mol. The Morgan fingerprint density at radius 3 is 3.00 bits per heavy atom. The molecule has 1 aliphatic rings. The van der Waals surface area contributed by atoms with E-state index in [4.69, 9.17) is 0 Å². The zero-order valence-corrected chi connectivity index (χ0v) is 14.3. The van der Waals surface area contributed by atoms with Gasteiger partial charge in [0.15, 0.2) is 0 Å². The number of hydrogen-bond donors (Lipinski definition) is 1. The van der Waals surface area contributed by atoms with Gasteiger partial charge in [0.05, 0.1) is 5.69 Å². The molecule has 3 heterocycles. The summed E-state index contributed by atoms with van der Waals surface area (Å²) in [6, 6.07) is 3.76. The lowest BCUT2D eigenvalue weighted by Crippen LogP contribution is -2.39. The van der Waals surface area contributed by atoms with E-state index in [9.17, 15) is 9.59 Å². The molecule has 0 radical (unpaired) electrons. The van der Waals surface area contributed by atoms with Crippen molar-refractivity contribution in [3.05, 3.63) is 35.6 Å². The molecule has 3 rings (SSSR count). The van der Waals surface area contributed by atoms with E-state index in [1.165, 1.54) is 0 Å². The fourth-order valence-electron chi connectivity index (χ4n) is 2.45. The van der Waals surface area contributed by atoms with Crippen molar-refractivity contribution in [3.8, 4) is 10.6 Å². The molecular formula is C16H19N5O2S. The van der Waals surface area contributed by atoms with E-state index in [1.54, 1.807) is 40.6 Å². The van der Waals surface area contributed by atoms with Crippen LogP contribution in [0.15, 0.2) is 29.9 Å². The fraction of sp³-hybridized carbons (Fsp3) is 0.375. The largest absolute Gasteiger partial charge is 0.354 e. The number of likely N-dealkylation sites (N-methyl/N-ethyl adjacent to an activating group) is 1. The summed E-state index contributed by atoms with van der Waals surface area (Å²) < 4.78 is 0. The number of carbonyl (C=O) groups is 2. The van der Waals surface area contributed by atoms with Crippen LogP contribution >= 0.6 is 11.3 Å². The normalized spacial score (nSPS) is 14.3. The van der Waals surface area contributed by atoms with E-state index in [0.29, 0.717) is 26.1 Å². The van der Waals surface area contributed by atoms with Gasteiger partial charge in [0.25, 0.3) is 0 Å². The van der Waals surface area contributed by atoms with Crippen molar-refractivity contribution in [3.63, 3.8) is 0 Å². The molecule has 7 nitrogen and oxygen atoms in total. The van der Waals surface area contributed by atoms with Gasteiger partial charge in [0.1, 0.15) is 11.6 Å². The van der Waals surface area contributed by atoms with Gasteiger partial charge in [-0.2, -0.15) is 0 Å². The maximum atomic E-state index is 11.9. The monoisotopic (exact) mass is 345 g/mol. The van der Waals surface area contributed by atoms with Crippen molar-refractivity contribution in [1.29, 1.82) is 0 Å². The first-order valence-corrected chi connectivity index (χ1v) is 8.63. The highest BCUT2D eigenvalue weighted by molar-refractivity contribution is 7.13. The first-order chi connectivity index (χ1) is 11.6. The van der Waals surface area contributed by atoms with Gasteiger partial charge < -0.3 is 15.1 Å². The Labute approximate surface area is 144 Å². The number of carbonyl (C=O) groups excluding carboxylic acids is 2. The lowest BCUT2D eigenvalue weighted by atomic mass is 10.3. The van der Waals surface area contributed by atoms with Crippen molar-refractivity contribution in [2.45, 2.75) is 6.42 Å². The molecular weight excluding hydrogens is 326 g/mol. The van der Waals surface area contributed by atoms with Crippen molar-refractivity contribution in [2.24, 2.45) is 0 Å². The Balaban J connectivity index is 1.44. The minimum absolute atomic E-state index is 0.0919. The maximum absolute atomic E-state index is 11.9. The molecule has 0 aromatic carbocycles. The molecule has 0 atom stereocenters. The average Bonchev–Trinajstić information content (AvgIpc) is 3.18. The van der Waals surface area contributed by atoms with Gasteiger partial charge in [-0.3, -0.25) is 9.78 Å². The van der Waals surface area contributed by atoms with Gasteiger partial charge in [-0.15, -0.1) is 11.3 Å². The number of amides is 3. The highest BCUT2D eigenvalue weighted by Crippen LogP contribution is 2.22. The van der Waals surface area contributed by atoms with Crippen molar-refractivity contribution in [2.75, 3.05) is 33.2 Å². The first-order valence-electron chi connectivity index (χ1n) is 7.75. The maximum Gasteiger partial charge on any atom is 0.320 e. The fourth-order valence-corrected chi connectivity index (χ4v) is 3.30. The van der Waals surface area contributed by atoms with Crippen LogP contribution in [-0.2, 0) is 11.2 Å². The van der Waals surface area contributed by atoms with Crippen LogP contribution in [0, 0.1) is 0 Å². The second kappa shape index (κ2) is 7.39. The van der Waals surface area contributed by atoms with Gasteiger partial charge >= 0.3 is 6.03 Å². The number of nitrogens with zero attached hydrogens (tertiary/aromatic N) is 4. The highest BCUT2D eigenvalue weighted by Gasteiger charge is 2.26. The molecule has 0 bridgehead atoms. The third kappa shape index (κ3) is 3.88. The van der Waals surface area contributed by atoms with Crippen molar-refractivity contribution < 1.29 is 9.59 Å². The van der Waals surface area contributed by atoms with Gasteiger partial charge in [-0.05, 0) is 12.1 Å². The number of pyridine rings is 1. The zero-order valence-electron chi connectivity index (χ0n) is 13.4. The summed E-state index contributed by atoms with van der Waals surface area (Å²) in [7, 11) is 1.74. The third-order valence-corrected chi connectivity index (χ3v) is 4.74. The Hall–Kier alpha value is -2.48. The Morgan fingerprint density at radius 2 is 2.29 bits per heavy atom. The molecule has 0 aliphatic carbocycles. The second-order valence-corrected chi connectivity index (χ2v) is 6.47. The van der Waals surface area contributed by atoms with E-state index >= 15 is 0 Å². The Bertz CT molecular complexity index is 718. The molecule has 0 saturated carbocycles. The molecule has 8 heteroatoms. The molecule has 1 aliphatic heterocycles. The zero-order chi connectivity index (χ0) is 16.9. The minimum Gasteiger partial charge on any atom is -0.354 e. The summed E-state index contributed by atoms with van der Waals surface area (Å²) in [6.45, 7) is 1.89. The topological polar surface area (TPSA) is 78.4 Å². The summed E-state index contributed by atoms with van der Waals surface area (Å²) in [4.78, 5) is 35.5. The summed E-state index contributed by atoms with van der Waals surface area (Å²) >= 11 is 1.57. The van der Waals surface area contributed by atoms with Crippen LogP contribution in [0.25, 0.3) is 10.6 Å². The van der Waals surface area contributed by atoms with Crippen LogP contribution in [0.3, 0.4) is 0 Å². The molecule has 1 saturated heterocycles. The van der Waals surface area contributed by atoms with Gasteiger partial charge in [-0.25, -0.2) is 9.78 Å². The average molecular weight is 345 g/mol. The molecule has 126 valence electrons. The van der Waals surface area contributed by atoms with Crippen molar-refractivity contribution in [1.82, 2.24) is 25.1 Å². The van der Waals surface area contributed by atoms with Gasteiger partial charge in [0, 0.05) is 56.4 Å². The van der Waals surface area contributed by atoms with E-state index in [0.717, 1.165) is 16.3 Å². The summed E-state index contributed by atoms with van der Waals surface area (Å²) in [5, 5.41) is 5.76. The number of rotatable bonds is 6. The van der Waals surface area contributed by atoms with E-state index in [2.05, 4.69) is 15.3 Å². The minimum atomic E-state index is -0.138. The quantitative estimate of drug-likeness (QED) is 0.854. The summed E-state index contributed by atoms with van der Waals surface area (Å²) in [5.41, 5.74) is 1.94. The van der Waals surface area contributed by atoms with E-state index in [-0.39, 0.29) is 18.5 Å². The Kier molecular flexibility index (Phi) is 5.05. The van der Waals surface area contributed by atoms with Gasteiger partial charge in [-0.1, -0.05) is 0 Å². The highest BCUT2D eigenvalue weighted by atomic mass is 32.1. The molecule has 0 unspecified atom stereocenters. The molecule has 24 heavy (non-hydrogen) atoms. The van der Waals surface area contributed by atoms with Crippen molar-refractivity contribution >= 4 is 23.3 Å². The van der Waals surface area contributed by atoms with Crippen LogP contribution < -0.4 is 5.32 Å². The van der Waals surface area contributed by atoms with E-state index < -0.39 is 0 Å². The second-order valence-electron chi connectivity index (χ2n) is 5.61. The van der Waals surface area contributed by atoms with Crippen LogP contribution in [0.5, 0.6) is 0 Å². The van der Waals surface area contributed by atoms with Crippen LogP contribution in [-0.4, -0.2) is 64.9 Å². The summed E-state index contributed by atoms with van der Waals surface area (Å²) in [6.07, 6.45) is 4.18. The first kappa shape index (κ1) is 16.4. The third-order valence-electron chi connectivity index (χ3n) is 3.80. The molecule has 1 N–H and O–H groups in total. The molecule has 2 aromatic heterocycles. The van der Waals surface area contributed by atoms with Crippen LogP contribution in [0.2, 0.25) is 0 Å². The van der Waals surface area contributed by atoms with Crippen LogP contribution in [0.4, 0.5) is 4.79 Å². The number of hydrogen-bond acceptors (Lipinski definition) is 5. The molecule has 3 amide bonds. The lowest BCUT2D eigenvalue weighted by molar-refractivity contribution is -0.121. The molecule has 1 fully saturated rings. The SMILES string of the molecule is CN1CCN(CC(=O)NCCc2csc(-c3cccnc3)n2)C1=O.